The number of amides is 1. The molecule has 1 heterocycles. The molecule has 0 aliphatic carbocycles. The molecule has 120 valence electrons. The highest BCUT2D eigenvalue weighted by Gasteiger charge is 2.46. The molecule has 2 nitrogen and oxygen atoms in total. The van der Waals surface area contributed by atoms with E-state index in [-0.39, 0.29) is 5.91 Å². The lowest BCUT2D eigenvalue weighted by molar-refractivity contribution is -0.118. The summed E-state index contributed by atoms with van der Waals surface area (Å²) in [6.07, 6.45) is 4.10. The number of rotatable bonds is 5. The van der Waals surface area contributed by atoms with Gasteiger partial charge in [-0.15, -0.1) is 11.8 Å². The third-order valence-electron chi connectivity index (χ3n) is 3.85. The van der Waals surface area contributed by atoms with E-state index in [1.165, 1.54) is 4.90 Å². The summed E-state index contributed by atoms with van der Waals surface area (Å²) in [6.45, 7) is 0.619. The van der Waals surface area contributed by atoms with Crippen LogP contribution in [0.5, 0.6) is 0 Å². The summed E-state index contributed by atoms with van der Waals surface area (Å²) in [5, 5.41) is 0. The summed E-state index contributed by atoms with van der Waals surface area (Å²) in [5.41, 5.74) is 2.18. The van der Waals surface area contributed by atoms with Gasteiger partial charge in [-0.05, 0) is 30.2 Å². The lowest BCUT2D eigenvalue weighted by Crippen LogP contribution is -2.49. The van der Waals surface area contributed by atoms with Gasteiger partial charge in [0.2, 0.25) is 0 Å². The fraction of sp³-hybridized carbons (Fsp3) is 0.278. The lowest BCUT2D eigenvalue weighted by Gasteiger charge is -2.40. The van der Waals surface area contributed by atoms with Gasteiger partial charge in [0, 0.05) is 10.6 Å². The minimum Gasteiger partial charge on any atom is -0.305 e. The smallest absolute Gasteiger partial charge is 0.254 e. The zero-order valence-corrected chi connectivity index (χ0v) is 15.6. The van der Waals surface area contributed by atoms with Gasteiger partial charge in [0.05, 0.1) is 12.2 Å². The first-order valence-corrected chi connectivity index (χ1v) is 10.8. The van der Waals surface area contributed by atoms with Crippen molar-refractivity contribution in [2.24, 2.45) is 0 Å². The fourth-order valence-corrected chi connectivity index (χ4v) is 6.48. The second-order valence-corrected chi connectivity index (χ2v) is 8.91. The predicted octanol–water partition coefficient (Wildman–Crippen LogP) is 4.75. The number of hydrogen-bond acceptors (Lipinski definition) is 4. The van der Waals surface area contributed by atoms with Crippen LogP contribution in [-0.4, -0.2) is 28.3 Å². The zero-order chi connectivity index (χ0) is 16.3. The zero-order valence-electron chi connectivity index (χ0n) is 13.2. The molecule has 2 aromatic carbocycles. The van der Waals surface area contributed by atoms with Gasteiger partial charge in [-0.25, -0.2) is 0 Å². The predicted molar refractivity (Wildman–Crippen MR) is 105 cm³/mol. The van der Waals surface area contributed by atoms with Crippen molar-refractivity contribution in [3.05, 3.63) is 60.2 Å². The van der Waals surface area contributed by atoms with Crippen molar-refractivity contribution in [3.8, 4) is 0 Å². The van der Waals surface area contributed by atoms with Gasteiger partial charge in [-0.1, -0.05) is 54.2 Å². The maximum Gasteiger partial charge on any atom is 0.254 e. The third kappa shape index (κ3) is 3.28. The Morgan fingerprint density at radius 2 is 1.74 bits per heavy atom. The SMILES string of the molecule is CSCC1(SC)Sc2ccccc2N(Cc2ccccc2)C1=O. The molecular weight excluding hydrogens is 342 g/mol. The molecule has 1 unspecified atom stereocenters. The summed E-state index contributed by atoms with van der Waals surface area (Å²) in [4.78, 5) is 16.4. The maximum atomic E-state index is 13.3. The van der Waals surface area contributed by atoms with Crippen molar-refractivity contribution < 1.29 is 4.79 Å². The second kappa shape index (κ2) is 7.24. The van der Waals surface area contributed by atoms with Crippen LogP contribution in [0.2, 0.25) is 0 Å². The Morgan fingerprint density at radius 3 is 2.43 bits per heavy atom. The Kier molecular flexibility index (Phi) is 5.29. The minimum absolute atomic E-state index is 0.201. The van der Waals surface area contributed by atoms with Gasteiger partial charge in [0.15, 0.2) is 4.08 Å². The number of anilines is 1. The van der Waals surface area contributed by atoms with Crippen molar-refractivity contribution in [2.75, 3.05) is 23.2 Å². The number of nitrogens with zero attached hydrogens (tertiary/aromatic N) is 1. The van der Waals surface area contributed by atoms with Crippen LogP contribution in [-0.2, 0) is 11.3 Å². The van der Waals surface area contributed by atoms with Crippen LogP contribution >= 0.6 is 35.3 Å². The standard InChI is InChI=1S/C18H19NOS3/c1-21-13-18(22-2)17(20)19(12-14-8-4-3-5-9-14)15-10-6-7-11-16(15)23-18/h3-11H,12-13H2,1-2H3. The molecule has 0 aromatic heterocycles. The first kappa shape index (κ1) is 16.8. The summed E-state index contributed by atoms with van der Waals surface area (Å²) in [5.74, 6) is 1.00. The van der Waals surface area contributed by atoms with Crippen LogP contribution in [0.25, 0.3) is 0 Å². The van der Waals surface area contributed by atoms with E-state index in [2.05, 4.69) is 24.5 Å². The highest BCUT2D eigenvalue weighted by molar-refractivity contribution is 8.20. The average molecular weight is 362 g/mol. The molecule has 0 saturated heterocycles. The van der Waals surface area contributed by atoms with Crippen molar-refractivity contribution in [2.45, 2.75) is 15.5 Å². The van der Waals surface area contributed by atoms with Gasteiger partial charge >= 0.3 is 0 Å². The van der Waals surface area contributed by atoms with Crippen LogP contribution in [0.3, 0.4) is 0 Å². The van der Waals surface area contributed by atoms with Gasteiger partial charge < -0.3 is 4.90 Å². The monoisotopic (exact) mass is 361 g/mol. The Labute approximate surface area is 150 Å². The molecule has 2 aromatic rings. The maximum absolute atomic E-state index is 13.3. The second-order valence-electron chi connectivity index (χ2n) is 5.34. The highest BCUT2D eigenvalue weighted by atomic mass is 32.2. The quantitative estimate of drug-likeness (QED) is 0.765. The van der Waals surface area contributed by atoms with E-state index in [4.69, 9.17) is 0 Å². The van der Waals surface area contributed by atoms with Crippen LogP contribution in [0.4, 0.5) is 5.69 Å². The topological polar surface area (TPSA) is 20.3 Å². The number of carbonyl (C=O) groups is 1. The van der Waals surface area contributed by atoms with E-state index in [9.17, 15) is 4.79 Å². The number of para-hydroxylation sites is 1. The van der Waals surface area contributed by atoms with Crippen LogP contribution in [0.1, 0.15) is 5.56 Å². The van der Waals surface area contributed by atoms with E-state index < -0.39 is 4.08 Å². The van der Waals surface area contributed by atoms with Gasteiger partial charge in [-0.2, -0.15) is 11.8 Å². The molecule has 0 fully saturated rings. The summed E-state index contributed by atoms with van der Waals surface area (Å²) in [6, 6.07) is 18.4. The first-order chi connectivity index (χ1) is 11.2. The molecule has 1 atom stereocenters. The van der Waals surface area contributed by atoms with Crippen molar-refractivity contribution >= 4 is 46.9 Å². The van der Waals surface area contributed by atoms with E-state index in [1.54, 1.807) is 35.3 Å². The van der Waals surface area contributed by atoms with Gasteiger partial charge in [0.25, 0.3) is 5.91 Å². The number of thioether (sulfide) groups is 3. The van der Waals surface area contributed by atoms with E-state index in [1.807, 2.05) is 47.6 Å². The normalized spacial score (nSPS) is 20.4. The number of hydrogen-bond donors (Lipinski definition) is 0. The number of benzene rings is 2. The summed E-state index contributed by atoms with van der Waals surface area (Å²) < 4.78 is -0.442. The molecule has 0 N–H and O–H groups in total. The van der Waals surface area contributed by atoms with Crippen LogP contribution in [0, 0.1) is 0 Å². The van der Waals surface area contributed by atoms with E-state index in [0.29, 0.717) is 6.54 Å². The fourth-order valence-electron chi connectivity index (χ4n) is 2.69. The van der Waals surface area contributed by atoms with Crippen LogP contribution < -0.4 is 4.90 Å². The molecule has 1 aliphatic rings. The van der Waals surface area contributed by atoms with Crippen molar-refractivity contribution in [1.29, 1.82) is 0 Å². The molecule has 1 aliphatic heterocycles. The highest BCUT2D eigenvalue weighted by Crippen LogP contribution is 2.51. The molecule has 5 heteroatoms. The van der Waals surface area contributed by atoms with Crippen molar-refractivity contribution in [1.82, 2.24) is 0 Å². The summed E-state index contributed by atoms with van der Waals surface area (Å²) in [7, 11) is 0. The first-order valence-electron chi connectivity index (χ1n) is 7.38. The van der Waals surface area contributed by atoms with E-state index >= 15 is 0 Å². The molecule has 1 amide bonds. The number of carbonyl (C=O) groups excluding carboxylic acids is 1. The minimum atomic E-state index is -0.442. The Balaban J connectivity index is 2.03. The Bertz CT molecular complexity index is 692. The summed E-state index contributed by atoms with van der Waals surface area (Å²) >= 11 is 5.09. The molecular formula is C18H19NOS3. The number of fused-ring (bicyclic) bond motifs is 1. The molecule has 3 rings (SSSR count). The van der Waals surface area contributed by atoms with Crippen molar-refractivity contribution in [3.63, 3.8) is 0 Å². The van der Waals surface area contributed by atoms with E-state index in [0.717, 1.165) is 17.0 Å². The van der Waals surface area contributed by atoms with Gasteiger partial charge in [0.1, 0.15) is 0 Å². The molecule has 23 heavy (non-hydrogen) atoms. The van der Waals surface area contributed by atoms with Gasteiger partial charge in [-0.3, -0.25) is 4.79 Å². The molecule has 0 saturated carbocycles. The Morgan fingerprint density at radius 1 is 1.04 bits per heavy atom. The molecule has 0 bridgehead atoms. The average Bonchev–Trinajstić information content (AvgIpc) is 2.59. The lowest BCUT2D eigenvalue weighted by atomic mass is 10.1. The van der Waals surface area contributed by atoms with Crippen LogP contribution in [0.15, 0.2) is 59.5 Å². The molecule has 0 spiro atoms. The Hall–Kier alpha value is -1.04. The largest absolute Gasteiger partial charge is 0.305 e. The molecule has 0 radical (unpaired) electrons. The third-order valence-corrected chi connectivity index (χ3v) is 7.88.